The Bertz CT molecular complexity index is 2130. The third-order valence-corrected chi connectivity index (χ3v) is 9.63. The summed E-state index contributed by atoms with van der Waals surface area (Å²) < 4.78 is 22.1. The van der Waals surface area contributed by atoms with Crippen molar-refractivity contribution in [2.45, 2.75) is 44.7 Å². The van der Waals surface area contributed by atoms with Crippen LogP contribution in [0.1, 0.15) is 32.0 Å². The van der Waals surface area contributed by atoms with Crippen molar-refractivity contribution in [2.75, 3.05) is 49.2 Å². The van der Waals surface area contributed by atoms with Crippen LogP contribution in [0.25, 0.3) is 16.7 Å². The molecule has 0 radical (unpaired) electrons. The number of para-hydroxylation sites is 2. The van der Waals surface area contributed by atoms with Gasteiger partial charge in [0, 0.05) is 37.6 Å². The standard InChI is InChI=1S/C37H40N10O4/c1-3-27(2)47-36(48)45(26-41-47)30-10-8-28(9-11-30)43-18-20-44(21-19-43)29-12-14-31(15-13-29)49-23-32-24-50-37(51-32,25-46-39-16-17-40-46)35-22-38-33-6-4-5-7-34(33)42-35/h4-17,22,26-27,32H,3,18-21,23-25H2,1-2H3/t27?,32-,37-/m1/s1. The first-order valence-corrected chi connectivity index (χ1v) is 17.4. The van der Waals surface area contributed by atoms with E-state index < -0.39 is 5.79 Å². The van der Waals surface area contributed by atoms with E-state index in [0.717, 1.165) is 66.4 Å². The molecule has 0 N–H and O–H groups in total. The molecule has 2 aliphatic heterocycles. The van der Waals surface area contributed by atoms with E-state index in [0.29, 0.717) is 18.9 Å². The summed E-state index contributed by atoms with van der Waals surface area (Å²) in [7, 11) is 0. The first kappa shape index (κ1) is 32.6. The van der Waals surface area contributed by atoms with E-state index in [4.69, 9.17) is 19.2 Å². The predicted molar refractivity (Wildman–Crippen MR) is 191 cm³/mol. The van der Waals surface area contributed by atoms with E-state index in [1.54, 1.807) is 34.2 Å². The van der Waals surface area contributed by atoms with Gasteiger partial charge in [-0.15, -0.1) is 0 Å². The lowest BCUT2D eigenvalue weighted by molar-refractivity contribution is -0.195. The Morgan fingerprint density at radius 3 is 2.20 bits per heavy atom. The van der Waals surface area contributed by atoms with Crippen LogP contribution < -0.4 is 20.2 Å². The van der Waals surface area contributed by atoms with Gasteiger partial charge in [0.1, 0.15) is 37.0 Å². The van der Waals surface area contributed by atoms with Gasteiger partial charge in [-0.2, -0.15) is 20.1 Å². The maximum absolute atomic E-state index is 12.8. The Kier molecular flexibility index (Phi) is 8.92. The van der Waals surface area contributed by atoms with Crippen molar-refractivity contribution in [1.29, 1.82) is 0 Å². The summed E-state index contributed by atoms with van der Waals surface area (Å²) in [5, 5.41) is 12.8. The van der Waals surface area contributed by atoms with Crippen LogP contribution in [0, 0.1) is 0 Å². The van der Waals surface area contributed by atoms with Crippen molar-refractivity contribution in [3.8, 4) is 11.4 Å². The van der Waals surface area contributed by atoms with Crippen LogP contribution in [0.2, 0.25) is 0 Å². The van der Waals surface area contributed by atoms with Crippen LogP contribution in [0.4, 0.5) is 11.4 Å². The number of aromatic nitrogens is 8. The molecule has 3 aromatic carbocycles. The molecule has 5 heterocycles. The molecule has 262 valence electrons. The number of hydrogen-bond acceptors (Lipinski definition) is 11. The maximum Gasteiger partial charge on any atom is 0.350 e. The topological polar surface area (TPSA) is 130 Å². The molecule has 14 nitrogen and oxygen atoms in total. The first-order valence-electron chi connectivity index (χ1n) is 17.4. The second-order valence-electron chi connectivity index (χ2n) is 12.9. The lowest BCUT2D eigenvalue weighted by Crippen LogP contribution is -2.46. The Morgan fingerprint density at radius 1 is 0.863 bits per heavy atom. The van der Waals surface area contributed by atoms with Crippen LogP contribution in [-0.2, 0) is 21.8 Å². The van der Waals surface area contributed by atoms with E-state index in [9.17, 15) is 4.79 Å². The predicted octanol–water partition coefficient (Wildman–Crippen LogP) is 4.21. The fourth-order valence-electron chi connectivity index (χ4n) is 6.56. The molecule has 3 aromatic heterocycles. The fraction of sp³-hybridized carbons (Fsp3) is 0.351. The summed E-state index contributed by atoms with van der Waals surface area (Å²) in [6.45, 7) is 8.46. The summed E-state index contributed by atoms with van der Waals surface area (Å²) >= 11 is 0. The fourth-order valence-corrected chi connectivity index (χ4v) is 6.56. The summed E-state index contributed by atoms with van der Waals surface area (Å²) in [4.78, 5) is 28.5. The molecule has 3 atom stereocenters. The van der Waals surface area contributed by atoms with Gasteiger partial charge in [-0.1, -0.05) is 19.1 Å². The molecule has 2 fully saturated rings. The molecule has 0 spiro atoms. The SMILES string of the molecule is CCC(C)n1ncn(-c2ccc(N3CCN(c4ccc(OC[C@@H]5CO[C@@](Cn6nccn6)(c6cnc7ccccc7n6)O5)cc4)CC3)cc2)c1=O. The van der Waals surface area contributed by atoms with Gasteiger partial charge in [0.15, 0.2) is 0 Å². The zero-order chi connectivity index (χ0) is 34.8. The maximum atomic E-state index is 12.8. The zero-order valence-electron chi connectivity index (χ0n) is 28.7. The molecule has 0 bridgehead atoms. The van der Waals surface area contributed by atoms with E-state index >= 15 is 0 Å². The van der Waals surface area contributed by atoms with Gasteiger partial charge >= 0.3 is 5.69 Å². The number of nitrogens with zero attached hydrogens (tertiary/aromatic N) is 10. The smallest absolute Gasteiger partial charge is 0.350 e. The molecule has 6 aromatic rings. The Balaban J connectivity index is 0.859. The molecule has 2 saturated heterocycles. The lowest BCUT2D eigenvalue weighted by Gasteiger charge is -2.37. The molecule has 0 aliphatic carbocycles. The molecule has 0 saturated carbocycles. The molecule has 1 unspecified atom stereocenters. The number of anilines is 2. The second-order valence-corrected chi connectivity index (χ2v) is 12.9. The van der Waals surface area contributed by atoms with Crippen LogP contribution in [0.5, 0.6) is 5.75 Å². The van der Waals surface area contributed by atoms with Crippen LogP contribution in [0.15, 0.2) is 103 Å². The number of hydrogen-bond donors (Lipinski definition) is 0. The van der Waals surface area contributed by atoms with Gasteiger partial charge in [0.25, 0.3) is 0 Å². The molecule has 51 heavy (non-hydrogen) atoms. The van der Waals surface area contributed by atoms with E-state index in [-0.39, 0.29) is 24.4 Å². The Labute approximate surface area is 294 Å². The highest BCUT2D eigenvalue weighted by Crippen LogP contribution is 2.35. The highest BCUT2D eigenvalue weighted by molar-refractivity contribution is 5.73. The highest BCUT2D eigenvalue weighted by Gasteiger charge is 2.46. The van der Waals surface area contributed by atoms with Gasteiger partial charge < -0.3 is 24.0 Å². The van der Waals surface area contributed by atoms with Gasteiger partial charge in [-0.3, -0.25) is 4.98 Å². The van der Waals surface area contributed by atoms with Gasteiger partial charge in [-0.05, 0) is 74.0 Å². The third-order valence-electron chi connectivity index (χ3n) is 9.63. The number of rotatable bonds is 11. The minimum atomic E-state index is -1.20. The zero-order valence-corrected chi connectivity index (χ0v) is 28.7. The van der Waals surface area contributed by atoms with Crippen LogP contribution in [-0.4, -0.2) is 84.8 Å². The normalized spacial score (nSPS) is 19.8. The van der Waals surface area contributed by atoms with Gasteiger partial charge in [0.2, 0.25) is 5.79 Å². The van der Waals surface area contributed by atoms with Gasteiger partial charge in [-0.25, -0.2) is 19.0 Å². The van der Waals surface area contributed by atoms with E-state index in [2.05, 4.69) is 61.3 Å². The summed E-state index contributed by atoms with van der Waals surface area (Å²) in [5.41, 5.74) is 5.10. The third kappa shape index (κ3) is 6.67. The monoisotopic (exact) mass is 688 g/mol. The average molecular weight is 689 g/mol. The van der Waals surface area contributed by atoms with Crippen molar-refractivity contribution < 1.29 is 14.2 Å². The average Bonchev–Trinajstić information content (AvgIpc) is 3.95. The molecule has 2 aliphatic rings. The number of fused-ring (bicyclic) bond motifs is 1. The largest absolute Gasteiger partial charge is 0.491 e. The van der Waals surface area contributed by atoms with Crippen molar-refractivity contribution in [3.63, 3.8) is 0 Å². The van der Waals surface area contributed by atoms with E-state index in [1.165, 1.54) is 4.80 Å². The number of benzene rings is 3. The number of ether oxygens (including phenoxy) is 3. The molecule has 8 rings (SSSR count). The molecule has 14 heteroatoms. The Hall–Kier alpha value is -5.60. The molecular weight excluding hydrogens is 648 g/mol. The summed E-state index contributed by atoms with van der Waals surface area (Å²) in [6.07, 6.45) is 7.05. The minimum absolute atomic E-state index is 0.0656. The van der Waals surface area contributed by atoms with Crippen LogP contribution >= 0.6 is 0 Å². The minimum Gasteiger partial charge on any atom is -0.491 e. The van der Waals surface area contributed by atoms with Crippen molar-refractivity contribution >= 4 is 22.4 Å². The summed E-state index contributed by atoms with van der Waals surface area (Å²) in [5.74, 6) is -0.443. The Morgan fingerprint density at radius 2 is 1.51 bits per heavy atom. The lowest BCUT2D eigenvalue weighted by atomic mass is 10.2. The second kappa shape index (κ2) is 14.0. The quantitative estimate of drug-likeness (QED) is 0.194. The van der Waals surface area contributed by atoms with Crippen molar-refractivity contribution in [2.24, 2.45) is 0 Å². The molecular formula is C37H40N10O4. The first-order chi connectivity index (χ1) is 25.0. The highest BCUT2D eigenvalue weighted by atomic mass is 16.8. The van der Waals surface area contributed by atoms with Crippen molar-refractivity contribution in [1.82, 2.24) is 39.3 Å². The van der Waals surface area contributed by atoms with E-state index in [1.807, 2.05) is 55.5 Å². The van der Waals surface area contributed by atoms with Gasteiger partial charge in [0.05, 0.1) is 48.0 Å². The summed E-state index contributed by atoms with van der Waals surface area (Å²) in [6, 6.07) is 24.1. The number of piperazine rings is 1. The molecule has 0 amide bonds. The van der Waals surface area contributed by atoms with Crippen molar-refractivity contribution in [3.05, 3.63) is 114 Å². The van der Waals surface area contributed by atoms with Crippen LogP contribution in [0.3, 0.4) is 0 Å².